The minimum Gasteiger partial charge on any atom is -0.466 e. The molecular weight excluding hydrogens is 380 g/mol. The maximum atomic E-state index is 12.3. The van der Waals surface area contributed by atoms with Crippen LogP contribution in [0.15, 0.2) is 30.3 Å². The van der Waals surface area contributed by atoms with E-state index >= 15 is 0 Å². The molecule has 1 aromatic carbocycles. The third kappa shape index (κ3) is 3.56. The molecule has 0 bridgehead atoms. The van der Waals surface area contributed by atoms with Gasteiger partial charge in [0.25, 0.3) is 5.91 Å². The number of hydrogen-bond acceptors (Lipinski definition) is 5. The fourth-order valence-corrected chi connectivity index (χ4v) is 3.87. The summed E-state index contributed by atoms with van der Waals surface area (Å²) in [5, 5.41) is 4.70. The number of rotatable bonds is 5. The Kier molecular flexibility index (Phi) is 5.05. The summed E-state index contributed by atoms with van der Waals surface area (Å²) in [4.78, 5) is 30.2. The van der Waals surface area contributed by atoms with Gasteiger partial charge in [-0.2, -0.15) is 5.10 Å². The summed E-state index contributed by atoms with van der Waals surface area (Å²) in [6.07, 6.45) is 0.845. The number of aromatic nitrogens is 3. The predicted octanol–water partition coefficient (Wildman–Crippen LogP) is 3.38. The molecule has 1 saturated carbocycles. The molecule has 156 valence electrons. The number of fused-ring (bicyclic) bond motifs is 1. The van der Waals surface area contributed by atoms with Crippen molar-refractivity contribution in [3.8, 4) is 11.3 Å². The maximum absolute atomic E-state index is 12.3. The van der Waals surface area contributed by atoms with Gasteiger partial charge >= 0.3 is 5.97 Å². The molecule has 1 aliphatic rings. The van der Waals surface area contributed by atoms with Gasteiger partial charge in [-0.05, 0) is 50.3 Å². The molecule has 0 radical (unpaired) electrons. The third-order valence-corrected chi connectivity index (χ3v) is 5.56. The molecule has 0 aliphatic heterocycles. The number of ether oxygens (including phenoxy) is 1. The van der Waals surface area contributed by atoms with Crippen LogP contribution in [0.2, 0.25) is 0 Å². The van der Waals surface area contributed by atoms with E-state index in [0.717, 1.165) is 34.5 Å². The number of esters is 1. The molecule has 2 aromatic heterocycles. The SMILES string of the molecule is CCOC(=O)[C@@H]1C[C@H]1c1ccc(-c2cc3nc(C(=O)N(C)C)cc(C)n3n2)c(C)c1. The fraction of sp³-hybridized carbons (Fsp3) is 0.391. The van der Waals surface area contributed by atoms with Crippen LogP contribution in [-0.2, 0) is 9.53 Å². The molecule has 2 atom stereocenters. The smallest absolute Gasteiger partial charge is 0.309 e. The van der Waals surface area contributed by atoms with E-state index in [1.165, 1.54) is 4.90 Å². The molecule has 7 nitrogen and oxygen atoms in total. The van der Waals surface area contributed by atoms with Crippen LogP contribution in [0.4, 0.5) is 0 Å². The highest BCUT2D eigenvalue weighted by molar-refractivity contribution is 5.92. The zero-order valence-corrected chi connectivity index (χ0v) is 18.0. The lowest BCUT2D eigenvalue weighted by Crippen LogP contribution is -2.23. The fourth-order valence-electron chi connectivity index (χ4n) is 3.87. The Morgan fingerprint density at radius 1 is 1.20 bits per heavy atom. The van der Waals surface area contributed by atoms with Crippen LogP contribution < -0.4 is 0 Å². The van der Waals surface area contributed by atoms with Gasteiger partial charge in [0, 0.05) is 31.4 Å². The van der Waals surface area contributed by atoms with Crippen molar-refractivity contribution in [2.45, 2.75) is 33.1 Å². The zero-order valence-electron chi connectivity index (χ0n) is 18.0. The number of carbonyl (C=O) groups is 2. The summed E-state index contributed by atoms with van der Waals surface area (Å²) < 4.78 is 6.90. The highest BCUT2D eigenvalue weighted by Gasteiger charge is 2.45. The Morgan fingerprint density at radius 3 is 2.63 bits per heavy atom. The topological polar surface area (TPSA) is 76.8 Å². The molecular formula is C23H26N4O3. The van der Waals surface area contributed by atoms with Crippen LogP contribution in [0.5, 0.6) is 0 Å². The maximum Gasteiger partial charge on any atom is 0.309 e. The first-order chi connectivity index (χ1) is 14.3. The summed E-state index contributed by atoms with van der Waals surface area (Å²) >= 11 is 0. The lowest BCUT2D eigenvalue weighted by atomic mass is 10.00. The van der Waals surface area contributed by atoms with E-state index in [1.54, 1.807) is 24.7 Å². The molecule has 2 heterocycles. The summed E-state index contributed by atoms with van der Waals surface area (Å²) in [5.74, 6) is -0.0232. The predicted molar refractivity (Wildman–Crippen MR) is 113 cm³/mol. The van der Waals surface area contributed by atoms with Crippen molar-refractivity contribution in [2.24, 2.45) is 5.92 Å². The molecule has 0 N–H and O–H groups in total. The molecule has 4 rings (SSSR count). The average Bonchev–Trinajstić information content (AvgIpc) is 3.39. The van der Waals surface area contributed by atoms with Crippen molar-refractivity contribution in [3.05, 3.63) is 52.8 Å². The first kappa shape index (κ1) is 20.1. The average molecular weight is 406 g/mol. The zero-order chi connectivity index (χ0) is 21.6. The monoisotopic (exact) mass is 406 g/mol. The Morgan fingerprint density at radius 2 is 1.97 bits per heavy atom. The van der Waals surface area contributed by atoms with Crippen LogP contribution >= 0.6 is 0 Å². The minimum absolute atomic E-state index is 0.0232. The van der Waals surface area contributed by atoms with E-state index in [1.807, 2.05) is 32.9 Å². The van der Waals surface area contributed by atoms with Gasteiger partial charge in [0.05, 0.1) is 18.2 Å². The van der Waals surface area contributed by atoms with Gasteiger partial charge < -0.3 is 9.64 Å². The molecule has 0 saturated heterocycles. The van der Waals surface area contributed by atoms with Gasteiger partial charge in [0.15, 0.2) is 5.65 Å². The third-order valence-electron chi connectivity index (χ3n) is 5.56. The Balaban J connectivity index is 1.63. The van der Waals surface area contributed by atoms with Gasteiger partial charge in [-0.25, -0.2) is 9.50 Å². The summed E-state index contributed by atoms with van der Waals surface area (Å²) in [7, 11) is 3.42. The number of carbonyl (C=O) groups excluding carboxylic acids is 2. The Hall–Kier alpha value is -3.22. The molecule has 1 aliphatic carbocycles. The largest absolute Gasteiger partial charge is 0.466 e. The van der Waals surface area contributed by atoms with E-state index in [4.69, 9.17) is 9.84 Å². The van der Waals surface area contributed by atoms with Crippen LogP contribution in [0.25, 0.3) is 16.9 Å². The highest BCUT2D eigenvalue weighted by Crippen LogP contribution is 2.48. The van der Waals surface area contributed by atoms with Crippen molar-refractivity contribution in [2.75, 3.05) is 20.7 Å². The summed E-state index contributed by atoms with van der Waals surface area (Å²) in [5.41, 5.74) is 5.96. The van der Waals surface area contributed by atoms with Crippen molar-refractivity contribution in [3.63, 3.8) is 0 Å². The first-order valence-corrected chi connectivity index (χ1v) is 10.2. The summed E-state index contributed by atoms with van der Waals surface area (Å²) in [6.45, 7) is 6.21. The molecule has 0 unspecified atom stereocenters. The van der Waals surface area contributed by atoms with E-state index in [2.05, 4.69) is 17.1 Å². The second-order valence-corrected chi connectivity index (χ2v) is 8.06. The number of amides is 1. The molecule has 0 spiro atoms. The van der Waals surface area contributed by atoms with Gasteiger partial charge in [-0.1, -0.05) is 18.2 Å². The number of nitrogens with zero attached hydrogens (tertiary/aromatic N) is 4. The highest BCUT2D eigenvalue weighted by atomic mass is 16.5. The quantitative estimate of drug-likeness (QED) is 0.607. The van der Waals surface area contributed by atoms with Crippen LogP contribution in [0.3, 0.4) is 0 Å². The number of hydrogen-bond donors (Lipinski definition) is 0. The lowest BCUT2D eigenvalue weighted by Gasteiger charge is -2.10. The second kappa shape index (κ2) is 7.55. The van der Waals surface area contributed by atoms with Gasteiger partial charge in [0.1, 0.15) is 5.69 Å². The normalized spacial score (nSPS) is 17.8. The van der Waals surface area contributed by atoms with Gasteiger partial charge in [0.2, 0.25) is 0 Å². The van der Waals surface area contributed by atoms with E-state index in [0.29, 0.717) is 17.9 Å². The number of benzene rings is 1. The van der Waals surface area contributed by atoms with Crippen molar-refractivity contribution in [1.29, 1.82) is 0 Å². The minimum atomic E-state index is -0.135. The van der Waals surface area contributed by atoms with Crippen LogP contribution in [0.1, 0.15) is 46.6 Å². The van der Waals surface area contributed by atoms with Crippen molar-refractivity contribution in [1.82, 2.24) is 19.5 Å². The van der Waals surface area contributed by atoms with E-state index < -0.39 is 0 Å². The Labute approximate surface area is 175 Å². The van der Waals surface area contributed by atoms with Crippen LogP contribution in [-0.4, -0.2) is 52.1 Å². The van der Waals surface area contributed by atoms with Gasteiger partial charge in [-0.15, -0.1) is 0 Å². The van der Waals surface area contributed by atoms with Crippen molar-refractivity contribution >= 4 is 17.5 Å². The molecule has 1 amide bonds. The first-order valence-electron chi connectivity index (χ1n) is 10.2. The molecule has 7 heteroatoms. The van der Waals surface area contributed by atoms with Crippen molar-refractivity contribution < 1.29 is 14.3 Å². The molecule has 3 aromatic rings. The molecule has 30 heavy (non-hydrogen) atoms. The Bertz CT molecular complexity index is 1150. The molecule has 1 fully saturated rings. The summed E-state index contributed by atoms with van der Waals surface area (Å²) in [6, 6.07) is 9.90. The van der Waals surface area contributed by atoms with E-state index in [-0.39, 0.29) is 23.7 Å². The van der Waals surface area contributed by atoms with Crippen LogP contribution in [0, 0.1) is 19.8 Å². The second-order valence-electron chi connectivity index (χ2n) is 8.06. The standard InChI is InChI=1S/C23H26N4O3/c1-6-30-23(29)18-11-17(18)15-7-8-16(13(2)9-15)19-12-21-24-20(22(28)26(4)5)10-14(3)27(21)25-19/h7-10,12,17-18H,6,11H2,1-5H3/t17-,18+/m0/s1. The lowest BCUT2D eigenvalue weighted by molar-refractivity contribution is -0.144. The number of aryl methyl sites for hydroxylation is 2. The van der Waals surface area contributed by atoms with E-state index in [9.17, 15) is 9.59 Å². The van der Waals surface area contributed by atoms with Gasteiger partial charge in [-0.3, -0.25) is 9.59 Å².